The smallest absolute Gasteiger partial charge is 0.167 e. The van der Waals surface area contributed by atoms with E-state index in [1.807, 2.05) is 0 Å². The molecule has 0 amide bonds. The van der Waals surface area contributed by atoms with E-state index >= 15 is 0 Å². The Balaban J connectivity index is 1.55. The highest BCUT2D eigenvalue weighted by Crippen LogP contribution is 2.36. The molecule has 2 aliphatic rings. The molecule has 1 saturated heterocycles. The van der Waals surface area contributed by atoms with Crippen LogP contribution in [-0.2, 0) is 11.3 Å². The van der Waals surface area contributed by atoms with Gasteiger partial charge in [0, 0.05) is 17.5 Å². The maximum absolute atomic E-state index is 10.5. The van der Waals surface area contributed by atoms with E-state index in [9.17, 15) is 15.3 Å². The van der Waals surface area contributed by atoms with Crippen LogP contribution in [-0.4, -0.2) is 72.1 Å². The molecule has 1 aliphatic carbocycles. The van der Waals surface area contributed by atoms with Crippen molar-refractivity contribution in [2.45, 2.75) is 74.6 Å². The lowest BCUT2D eigenvalue weighted by Gasteiger charge is -2.31. The Kier molecular flexibility index (Phi) is 6.76. The van der Waals surface area contributed by atoms with Gasteiger partial charge in [0.2, 0.25) is 0 Å². The molecule has 2 aromatic heterocycles. The van der Waals surface area contributed by atoms with Gasteiger partial charge in [0.05, 0.1) is 12.9 Å². The lowest BCUT2D eigenvalue weighted by Crippen LogP contribution is -2.34. The molecule has 1 aliphatic heterocycles. The fourth-order valence-electron chi connectivity index (χ4n) is 5.15. The minimum absolute atomic E-state index is 0.354. The zero-order valence-electron chi connectivity index (χ0n) is 19.4. The highest BCUT2D eigenvalue weighted by Gasteiger charge is 2.44. The molecule has 4 atom stereocenters. The predicted octanol–water partition coefficient (Wildman–Crippen LogP) is 2.42. The van der Waals surface area contributed by atoms with E-state index in [0.717, 1.165) is 25.2 Å². The van der Waals surface area contributed by atoms with Gasteiger partial charge in [-0.2, -0.15) is 0 Å². The third kappa shape index (κ3) is 4.18. The molecule has 34 heavy (non-hydrogen) atoms. The van der Waals surface area contributed by atoms with Gasteiger partial charge < -0.3 is 25.0 Å². The molecule has 0 bridgehead atoms. The number of hydrogen-bond donors (Lipinski definition) is 3. The van der Waals surface area contributed by atoms with Crippen molar-refractivity contribution in [1.29, 1.82) is 0 Å². The van der Waals surface area contributed by atoms with Crippen molar-refractivity contribution in [3.05, 3.63) is 42.0 Å². The predicted molar refractivity (Wildman–Crippen MR) is 130 cm³/mol. The van der Waals surface area contributed by atoms with Gasteiger partial charge in [0.15, 0.2) is 23.2 Å². The first-order chi connectivity index (χ1) is 16.5. The molecule has 10 heteroatoms. The molecule has 2 fully saturated rings. The van der Waals surface area contributed by atoms with Crippen LogP contribution >= 0.6 is 11.8 Å². The largest absolute Gasteiger partial charge is 0.394 e. The highest BCUT2D eigenvalue weighted by molar-refractivity contribution is 7.98. The van der Waals surface area contributed by atoms with Crippen molar-refractivity contribution >= 4 is 28.7 Å². The third-order valence-electron chi connectivity index (χ3n) is 6.94. The third-order valence-corrected chi connectivity index (χ3v) is 7.78. The molecular weight excluding hydrogens is 454 g/mol. The second kappa shape index (κ2) is 9.79. The summed E-state index contributed by atoms with van der Waals surface area (Å²) in [5, 5.41) is 30.2. The first-order valence-electron chi connectivity index (χ1n) is 11.7. The topological polar surface area (TPSA) is 117 Å². The Morgan fingerprint density at radius 1 is 1.15 bits per heavy atom. The Morgan fingerprint density at radius 3 is 2.65 bits per heavy atom. The lowest BCUT2D eigenvalue weighted by atomic mass is 10.1. The summed E-state index contributed by atoms with van der Waals surface area (Å²) in [4.78, 5) is 17.3. The van der Waals surface area contributed by atoms with Crippen molar-refractivity contribution in [3.8, 4) is 0 Å². The van der Waals surface area contributed by atoms with E-state index in [1.54, 1.807) is 22.7 Å². The second-order valence-electron chi connectivity index (χ2n) is 9.13. The van der Waals surface area contributed by atoms with Crippen LogP contribution in [0.5, 0.6) is 0 Å². The molecule has 9 nitrogen and oxygen atoms in total. The number of thioether (sulfide) groups is 1. The van der Waals surface area contributed by atoms with Gasteiger partial charge >= 0.3 is 0 Å². The molecule has 5 rings (SSSR count). The average molecular weight is 486 g/mol. The summed E-state index contributed by atoms with van der Waals surface area (Å²) in [5.41, 5.74) is 3.64. The summed E-state index contributed by atoms with van der Waals surface area (Å²) >= 11 is 1.74. The normalized spacial score (nSPS) is 25.4. The zero-order valence-corrected chi connectivity index (χ0v) is 20.2. The summed E-state index contributed by atoms with van der Waals surface area (Å²) in [6, 6.07) is 6.91. The van der Waals surface area contributed by atoms with Gasteiger partial charge in [-0.05, 0) is 37.7 Å². The van der Waals surface area contributed by atoms with E-state index < -0.39 is 24.5 Å². The maximum Gasteiger partial charge on any atom is 0.167 e. The monoisotopic (exact) mass is 485 g/mol. The summed E-state index contributed by atoms with van der Waals surface area (Å²) in [6.07, 6.45) is 5.62. The quantitative estimate of drug-likeness (QED) is 0.434. The number of aliphatic hydroxyl groups excluding tert-OH is 3. The minimum Gasteiger partial charge on any atom is -0.394 e. The second-order valence-corrected chi connectivity index (χ2v) is 9.98. The number of fused-ring (bicyclic) bond motifs is 1. The maximum atomic E-state index is 10.5. The molecule has 0 spiro atoms. The van der Waals surface area contributed by atoms with Crippen molar-refractivity contribution in [3.63, 3.8) is 0 Å². The number of aryl methyl sites for hydroxylation is 1. The summed E-state index contributed by atoms with van der Waals surface area (Å²) in [6.45, 7) is 2.44. The van der Waals surface area contributed by atoms with Crippen LogP contribution in [0.1, 0.15) is 43.0 Å². The van der Waals surface area contributed by atoms with Crippen LogP contribution in [0.4, 0.5) is 5.82 Å². The molecule has 3 heterocycles. The van der Waals surface area contributed by atoms with Crippen LogP contribution in [0.15, 0.2) is 35.7 Å². The number of anilines is 1. The molecule has 1 aromatic carbocycles. The van der Waals surface area contributed by atoms with Crippen LogP contribution < -0.4 is 4.90 Å². The van der Waals surface area contributed by atoms with Crippen molar-refractivity contribution in [2.75, 3.05) is 17.8 Å². The summed E-state index contributed by atoms with van der Waals surface area (Å²) in [5.74, 6) is 0.760. The average Bonchev–Trinajstić information content (AvgIpc) is 3.58. The number of imidazole rings is 1. The van der Waals surface area contributed by atoms with Crippen LogP contribution in [0.3, 0.4) is 0 Å². The fraction of sp³-hybridized carbons (Fsp3) is 0.542. The van der Waals surface area contributed by atoms with E-state index in [-0.39, 0.29) is 6.61 Å². The van der Waals surface area contributed by atoms with Gasteiger partial charge in [-0.1, -0.05) is 30.5 Å². The standard InChI is InChI=1S/C24H31N5O4S/c1-14-7-8-18(34-2)15(9-14)10-28(16-5-3-4-6-16)22-19-23(26-12-25-22)29(13-27-19)24-21(32)20(31)17(11-30)33-24/h7-9,12-13,16-17,20-21,24,30-32H,3-6,10-11H2,1-2H3/t17-,20-,21-,24-/m1/s1. The number of aromatic nitrogens is 4. The number of benzene rings is 1. The molecular formula is C24H31N5O4S. The van der Waals surface area contributed by atoms with Crippen LogP contribution in [0.25, 0.3) is 11.2 Å². The van der Waals surface area contributed by atoms with Crippen LogP contribution in [0, 0.1) is 6.92 Å². The van der Waals surface area contributed by atoms with Crippen molar-refractivity contribution < 1.29 is 20.1 Å². The number of nitrogens with zero attached hydrogens (tertiary/aromatic N) is 5. The first-order valence-corrected chi connectivity index (χ1v) is 12.9. The van der Waals surface area contributed by atoms with Crippen LogP contribution in [0.2, 0.25) is 0 Å². The van der Waals surface area contributed by atoms with Gasteiger partial charge in [-0.15, -0.1) is 11.8 Å². The van der Waals surface area contributed by atoms with Crippen molar-refractivity contribution in [2.24, 2.45) is 0 Å². The molecule has 0 unspecified atom stereocenters. The molecule has 0 radical (unpaired) electrons. The molecule has 3 aromatic rings. The van der Waals surface area contributed by atoms with E-state index in [1.165, 1.54) is 35.2 Å². The lowest BCUT2D eigenvalue weighted by molar-refractivity contribution is -0.0511. The highest BCUT2D eigenvalue weighted by atomic mass is 32.2. The number of aliphatic hydroxyl groups is 3. The Hall–Kier alpha value is -2.24. The fourth-order valence-corrected chi connectivity index (χ4v) is 5.74. The van der Waals surface area contributed by atoms with Gasteiger partial charge in [0.25, 0.3) is 0 Å². The van der Waals surface area contributed by atoms with Gasteiger partial charge in [0.1, 0.15) is 24.6 Å². The summed E-state index contributed by atoms with van der Waals surface area (Å²) < 4.78 is 7.34. The minimum atomic E-state index is -1.20. The van der Waals surface area contributed by atoms with E-state index in [0.29, 0.717) is 17.2 Å². The molecule has 182 valence electrons. The van der Waals surface area contributed by atoms with E-state index in [4.69, 9.17) is 4.74 Å². The molecule has 1 saturated carbocycles. The van der Waals surface area contributed by atoms with E-state index in [2.05, 4.69) is 51.2 Å². The Bertz CT molecular complexity index is 1150. The SMILES string of the molecule is CSc1ccc(C)cc1CN(c1ncnc2c1ncn2[C@@H]1O[C@H](CO)[C@@H](O)[C@H]1O)C1CCCC1. The Morgan fingerprint density at radius 2 is 1.94 bits per heavy atom. The molecule has 3 N–H and O–H groups in total. The van der Waals surface area contributed by atoms with Gasteiger partial charge in [-0.3, -0.25) is 4.57 Å². The first kappa shape index (κ1) is 23.5. The van der Waals surface area contributed by atoms with Gasteiger partial charge in [-0.25, -0.2) is 15.0 Å². The number of ether oxygens (including phenoxy) is 1. The Labute approximate surface area is 202 Å². The van der Waals surface area contributed by atoms with Crippen molar-refractivity contribution in [1.82, 2.24) is 19.5 Å². The number of rotatable bonds is 7. The number of hydrogen-bond acceptors (Lipinski definition) is 9. The summed E-state index contributed by atoms with van der Waals surface area (Å²) in [7, 11) is 0. The zero-order chi connectivity index (χ0) is 23.8.